The molecule has 2 fully saturated rings. The van der Waals surface area contributed by atoms with Gasteiger partial charge in [0.1, 0.15) is 12.3 Å². The van der Waals surface area contributed by atoms with E-state index in [0.717, 1.165) is 50.4 Å². The fourth-order valence-corrected chi connectivity index (χ4v) is 3.64. The van der Waals surface area contributed by atoms with Crippen LogP contribution in [0.15, 0.2) is 12.3 Å². The summed E-state index contributed by atoms with van der Waals surface area (Å²) < 4.78 is 17.9. The second kappa shape index (κ2) is 9.64. The molecule has 0 atom stereocenters. The molecule has 0 aromatic carbocycles. The third-order valence-electron chi connectivity index (χ3n) is 5.12. The maximum absolute atomic E-state index is 6.29. The Bertz CT molecular complexity index is 743. The molecular weight excluding hydrogens is 378 g/mol. The largest absolute Gasteiger partial charge is 0.375 e. The highest BCUT2D eigenvalue weighted by Crippen LogP contribution is 2.32. The molecule has 3 rings (SSSR count). The maximum atomic E-state index is 6.29. The molecule has 0 N–H and O–H groups in total. The highest BCUT2D eigenvalue weighted by atomic mass is 16.5. The normalized spacial score (nSPS) is 22.9. The van der Waals surface area contributed by atoms with Gasteiger partial charge in [-0.3, -0.25) is 0 Å². The molecule has 0 unspecified atom stereocenters. The third-order valence-corrected chi connectivity index (χ3v) is 5.12. The molecule has 1 aliphatic carbocycles. The van der Waals surface area contributed by atoms with E-state index in [1.807, 2.05) is 26.8 Å². The molecule has 1 aliphatic heterocycles. The van der Waals surface area contributed by atoms with Crippen LogP contribution in [0.1, 0.15) is 72.9 Å². The van der Waals surface area contributed by atoms with Crippen molar-refractivity contribution in [1.29, 1.82) is 0 Å². The van der Waals surface area contributed by atoms with Crippen LogP contribution in [0.5, 0.6) is 0 Å². The summed E-state index contributed by atoms with van der Waals surface area (Å²) in [4.78, 5) is 11.3. The van der Waals surface area contributed by atoms with Gasteiger partial charge in [0.05, 0.1) is 29.5 Å². The molecular formula is C24H37N3O3. The summed E-state index contributed by atoms with van der Waals surface area (Å²) in [6, 6.07) is 1.84. The average molecular weight is 416 g/mol. The molecule has 1 saturated carbocycles. The lowest BCUT2D eigenvalue weighted by Crippen LogP contribution is -2.45. The Hall–Kier alpha value is -1.68. The lowest BCUT2D eigenvalue weighted by molar-refractivity contribution is -0.164. The molecule has 0 bridgehead atoms. The number of hydrogen-bond donors (Lipinski definition) is 0. The monoisotopic (exact) mass is 415 g/mol. The van der Waals surface area contributed by atoms with Gasteiger partial charge in [0.25, 0.3) is 0 Å². The van der Waals surface area contributed by atoms with E-state index in [-0.39, 0.29) is 11.2 Å². The molecule has 0 radical (unpaired) electrons. The van der Waals surface area contributed by atoms with Crippen LogP contribution in [0.4, 0.5) is 5.95 Å². The molecule has 2 aliphatic rings. The van der Waals surface area contributed by atoms with Gasteiger partial charge in [0.2, 0.25) is 5.95 Å². The quantitative estimate of drug-likeness (QED) is 0.678. The van der Waals surface area contributed by atoms with Crippen LogP contribution in [-0.4, -0.2) is 59.2 Å². The molecule has 2 heterocycles. The Kier molecular flexibility index (Phi) is 7.38. The summed E-state index contributed by atoms with van der Waals surface area (Å²) in [5.41, 5.74) is 0.479. The SMILES string of the molecule is CC(C)(C)OCC#Cc1ccnc(N2CCC(OC3CC(OC(C)(C)C)C3)CC2)n1. The molecule has 166 valence electrons. The van der Waals surface area contributed by atoms with Crippen molar-refractivity contribution in [3.8, 4) is 11.8 Å². The van der Waals surface area contributed by atoms with E-state index in [9.17, 15) is 0 Å². The van der Waals surface area contributed by atoms with Gasteiger partial charge in [0.15, 0.2) is 0 Å². The first-order valence-corrected chi connectivity index (χ1v) is 11.1. The number of ether oxygens (including phenoxy) is 3. The molecule has 30 heavy (non-hydrogen) atoms. The van der Waals surface area contributed by atoms with E-state index >= 15 is 0 Å². The number of piperidine rings is 1. The predicted octanol–water partition coefficient (Wildman–Crippen LogP) is 3.97. The molecule has 1 aromatic rings. The van der Waals surface area contributed by atoms with Gasteiger partial charge >= 0.3 is 0 Å². The van der Waals surface area contributed by atoms with Gasteiger partial charge in [-0.05, 0) is 79.2 Å². The zero-order valence-electron chi connectivity index (χ0n) is 19.4. The van der Waals surface area contributed by atoms with Crippen LogP contribution in [-0.2, 0) is 14.2 Å². The summed E-state index contributed by atoms with van der Waals surface area (Å²) >= 11 is 0. The molecule has 6 nitrogen and oxygen atoms in total. The van der Waals surface area contributed by atoms with Crippen LogP contribution in [0.2, 0.25) is 0 Å². The minimum absolute atomic E-state index is 0.0699. The molecule has 0 amide bonds. The molecule has 0 spiro atoms. The van der Waals surface area contributed by atoms with Crippen molar-refractivity contribution in [2.24, 2.45) is 0 Å². The van der Waals surface area contributed by atoms with Gasteiger partial charge in [-0.25, -0.2) is 9.97 Å². The van der Waals surface area contributed by atoms with Gasteiger partial charge in [-0.2, -0.15) is 0 Å². The van der Waals surface area contributed by atoms with Crippen molar-refractivity contribution in [1.82, 2.24) is 9.97 Å². The lowest BCUT2D eigenvalue weighted by Gasteiger charge is -2.42. The van der Waals surface area contributed by atoms with Crippen LogP contribution < -0.4 is 4.90 Å². The lowest BCUT2D eigenvalue weighted by atomic mass is 9.90. The van der Waals surface area contributed by atoms with Crippen LogP contribution in [0.25, 0.3) is 0 Å². The Labute approximate surface area is 181 Å². The fraction of sp³-hybridized carbons (Fsp3) is 0.750. The Morgan fingerprint density at radius 1 is 1.00 bits per heavy atom. The summed E-state index contributed by atoms with van der Waals surface area (Å²) in [5, 5.41) is 0. The van der Waals surface area contributed by atoms with Crippen molar-refractivity contribution in [3.05, 3.63) is 18.0 Å². The zero-order valence-corrected chi connectivity index (χ0v) is 19.4. The van der Waals surface area contributed by atoms with Gasteiger partial charge < -0.3 is 19.1 Å². The van der Waals surface area contributed by atoms with Gasteiger partial charge in [-0.1, -0.05) is 5.92 Å². The minimum Gasteiger partial charge on any atom is -0.375 e. The number of hydrogen-bond acceptors (Lipinski definition) is 6. The maximum Gasteiger partial charge on any atom is 0.226 e. The first kappa shape index (κ1) is 23.0. The van der Waals surface area contributed by atoms with Crippen molar-refractivity contribution >= 4 is 5.95 Å². The van der Waals surface area contributed by atoms with E-state index in [0.29, 0.717) is 24.9 Å². The molecule has 1 saturated heterocycles. The van der Waals surface area contributed by atoms with Crippen molar-refractivity contribution < 1.29 is 14.2 Å². The standard InChI is InChI=1S/C24H37N3O3/c1-23(2,3)28-15-7-8-18-9-12-25-22(26-18)27-13-10-19(11-14-27)29-20-16-21(17-20)30-24(4,5)6/h9,12,19-21H,10-11,13-17H2,1-6H3. The topological polar surface area (TPSA) is 56.7 Å². The zero-order chi connectivity index (χ0) is 21.8. The van der Waals surface area contributed by atoms with Crippen LogP contribution in [0.3, 0.4) is 0 Å². The highest BCUT2D eigenvalue weighted by molar-refractivity contribution is 5.36. The minimum atomic E-state index is -0.183. The highest BCUT2D eigenvalue weighted by Gasteiger charge is 2.35. The second-order valence-corrected chi connectivity index (χ2v) is 10.2. The van der Waals surface area contributed by atoms with E-state index in [2.05, 4.69) is 47.5 Å². The van der Waals surface area contributed by atoms with Gasteiger partial charge in [-0.15, -0.1) is 0 Å². The number of aromatic nitrogens is 2. The first-order chi connectivity index (χ1) is 14.1. The van der Waals surface area contributed by atoms with Crippen molar-refractivity contribution in [2.45, 2.75) is 96.7 Å². The van der Waals surface area contributed by atoms with Gasteiger partial charge in [0, 0.05) is 19.3 Å². The number of anilines is 1. The van der Waals surface area contributed by atoms with E-state index in [4.69, 9.17) is 14.2 Å². The summed E-state index contributed by atoms with van der Waals surface area (Å²) in [6.45, 7) is 14.6. The average Bonchev–Trinajstić information content (AvgIpc) is 2.63. The second-order valence-electron chi connectivity index (χ2n) is 10.2. The Balaban J connectivity index is 1.42. The van der Waals surface area contributed by atoms with Crippen molar-refractivity contribution in [3.63, 3.8) is 0 Å². The van der Waals surface area contributed by atoms with Crippen LogP contribution in [0, 0.1) is 11.8 Å². The Morgan fingerprint density at radius 2 is 1.70 bits per heavy atom. The summed E-state index contributed by atoms with van der Waals surface area (Å²) in [5.74, 6) is 6.86. The number of nitrogens with zero attached hydrogens (tertiary/aromatic N) is 3. The van der Waals surface area contributed by atoms with Crippen LogP contribution >= 0.6 is 0 Å². The first-order valence-electron chi connectivity index (χ1n) is 11.1. The van der Waals surface area contributed by atoms with Crippen molar-refractivity contribution in [2.75, 3.05) is 24.6 Å². The van der Waals surface area contributed by atoms with E-state index in [1.165, 1.54) is 0 Å². The summed E-state index contributed by atoms with van der Waals surface area (Å²) in [7, 11) is 0. The fourth-order valence-electron chi connectivity index (χ4n) is 3.64. The van der Waals surface area contributed by atoms with E-state index < -0.39 is 0 Å². The third kappa shape index (κ3) is 7.54. The summed E-state index contributed by atoms with van der Waals surface area (Å²) in [6.07, 6.45) is 6.82. The number of rotatable bonds is 5. The smallest absolute Gasteiger partial charge is 0.226 e. The Morgan fingerprint density at radius 3 is 2.33 bits per heavy atom. The molecule has 1 aromatic heterocycles. The molecule has 6 heteroatoms. The predicted molar refractivity (Wildman–Crippen MR) is 119 cm³/mol. The van der Waals surface area contributed by atoms with E-state index in [1.54, 1.807) is 6.20 Å².